The number of amides is 1. The van der Waals surface area contributed by atoms with Crippen molar-refractivity contribution < 1.29 is 9.90 Å². The number of carbonyl (C=O) groups is 1. The van der Waals surface area contributed by atoms with Gasteiger partial charge in [0.05, 0.1) is 10.6 Å². The summed E-state index contributed by atoms with van der Waals surface area (Å²) in [6, 6.07) is 12.9. The Kier molecular flexibility index (Phi) is 4.95. The largest absolute Gasteiger partial charge is 0.508 e. The van der Waals surface area contributed by atoms with Gasteiger partial charge in [0.1, 0.15) is 5.75 Å². The van der Waals surface area contributed by atoms with E-state index in [1.165, 1.54) is 22.9 Å². The Morgan fingerprint density at radius 3 is 2.64 bits per heavy atom. The van der Waals surface area contributed by atoms with Crippen LogP contribution in [-0.4, -0.2) is 27.6 Å². The van der Waals surface area contributed by atoms with E-state index in [2.05, 4.69) is 18.8 Å². The maximum absolute atomic E-state index is 12.6. The van der Waals surface area contributed by atoms with Gasteiger partial charge in [-0.05, 0) is 79.6 Å². The van der Waals surface area contributed by atoms with Gasteiger partial charge in [0.15, 0.2) is 5.17 Å². The van der Waals surface area contributed by atoms with Crippen molar-refractivity contribution in [2.24, 2.45) is 4.99 Å². The van der Waals surface area contributed by atoms with Crippen LogP contribution in [-0.2, 0) is 4.79 Å². The van der Waals surface area contributed by atoms with Gasteiger partial charge in [-0.2, -0.15) is 0 Å². The van der Waals surface area contributed by atoms with Crippen molar-refractivity contribution in [2.75, 3.05) is 6.54 Å². The molecule has 0 saturated carbocycles. The molecule has 1 saturated heterocycles. The fourth-order valence-electron chi connectivity index (χ4n) is 2.54. The number of aliphatic imine (C=N–C) groups is 1. The van der Waals surface area contributed by atoms with Crippen LogP contribution in [0.4, 0.5) is 5.69 Å². The van der Waals surface area contributed by atoms with Gasteiger partial charge in [0.2, 0.25) is 0 Å². The Hall–Kier alpha value is -2.53. The molecule has 3 rings (SSSR count). The summed E-state index contributed by atoms with van der Waals surface area (Å²) in [6.45, 7) is 6.61. The summed E-state index contributed by atoms with van der Waals surface area (Å²) in [5.41, 5.74) is 4.03. The van der Waals surface area contributed by atoms with E-state index in [1.807, 2.05) is 31.2 Å². The molecule has 1 amide bonds. The molecule has 0 aromatic heterocycles. The van der Waals surface area contributed by atoms with E-state index >= 15 is 0 Å². The zero-order valence-electron chi connectivity index (χ0n) is 14.5. The van der Waals surface area contributed by atoms with Crippen molar-refractivity contribution in [3.05, 3.63) is 64.1 Å². The smallest absolute Gasteiger partial charge is 0.266 e. The van der Waals surface area contributed by atoms with Gasteiger partial charge in [0.25, 0.3) is 5.91 Å². The first-order valence-corrected chi connectivity index (χ1v) is 8.96. The van der Waals surface area contributed by atoms with Crippen molar-refractivity contribution >= 4 is 34.6 Å². The van der Waals surface area contributed by atoms with Gasteiger partial charge in [-0.15, -0.1) is 0 Å². The van der Waals surface area contributed by atoms with Gasteiger partial charge < -0.3 is 5.11 Å². The molecular weight excluding hydrogens is 332 g/mol. The molecule has 25 heavy (non-hydrogen) atoms. The van der Waals surface area contributed by atoms with Gasteiger partial charge >= 0.3 is 0 Å². The van der Waals surface area contributed by atoms with E-state index in [9.17, 15) is 9.90 Å². The number of hydrogen-bond donors (Lipinski definition) is 1. The molecule has 1 N–H and O–H groups in total. The molecule has 0 aliphatic carbocycles. The molecular formula is C20H20N2O2S. The number of phenolic OH excluding ortho intramolecular Hbond substituents is 1. The summed E-state index contributed by atoms with van der Waals surface area (Å²) in [4.78, 5) is 19.6. The number of thioether (sulfide) groups is 1. The third-order valence-electron chi connectivity index (χ3n) is 4.09. The van der Waals surface area contributed by atoms with Crippen LogP contribution < -0.4 is 0 Å². The Morgan fingerprint density at radius 2 is 1.96 bits per heavy atom. The summed E-state index contributed by atoms with van der Waals surface area (Å²) in [6.07, 6.45) is 1.79. The summed E-state index contributed by atoms with van der Waals surface area (Å²) in [5.74, 6) is 0.125. The molecule has 0 unspecified atom stereocenters. The Morgan fingerprint density at radius 1 is 1.16 bits per heavy atom. The first-order chi connectivity index (χ1) is 12.0. The normalized spacial score (nSPS) is 17.7. The van der Waals surface area contributed by atoms with Gasteiger partial charge in [-0.1, -0.05) is 18.2 Å². The molecule has 0 atom stereocenters. The van der Waals surface area contributed by atoms with Crippen LogP contribution in [0, 0.1) is 13.8 Å². The first-order valence-electron chi connectivity index (χ1n) is 8.14. The Labute approximate surface area is 151 Å². The Bertz CT molecular complexity index is 887. The number of phenols is 1. The maximum atomic E-state index is 12.6. The standard InChI is InChI=1S/C20H20N2O2S/c1-4-22-19(24)18(12-15-6-5-7-17(23)11-15)25-20(22)21-16-9-8-13(2)14(3)10-16/h5-12,23H,4H2,1-3H3/b18-12-,21-20?. The first kappa shape index (κ1) is 17.3. The SMILES string of the molecule is CCN1C(=O)/C(=C/c2cccc(O)c2)SC1=Nc1ccc(C)c(C)c1. The van der Waals surface area contributed by atoms with E-state index in [4.69, 9.17) is 0 Å². The number of aryl methyl sites for hydroxylation is 2. The third-order valence-corrected chi connectivity index (χ3v) is 5.09. The highest BCUT2D eigenvalue weighted by Crippen LogP contribution is 2.34. The quantitative estimate of drug-likeness (QED) is 0.819. The zero-order chi connectivity index (χ0) is 18.0. The van der Waals surface area contributed by atoms with Gasteiger partial charge in [-0.25, -0.2) is 4.99 Å². The Balaban J connectivity index is 1.94. The molecule has 1 aliphatic rings. The molecule has 1 heterocycles. The van der Waals surface area contributed by atoms with Crippen molar-refractivity contribution in [1.82, 2.24) is 4.90 Å². The second-order valence-corrected chi connectivity index (χ2v) is 6.93. The van der Waals surface area contributed by atoms with Gasteiger partial charge in [0, 0.05) is 6.54 Å². The fourth-order valence-corrected chi connectivity index (χ4v) is 3.60. The molecule has 5 heteroatoms. The van der Waals surface area contributed by atoms with E-state index in [0.29, 0.717) is 16.6 Å². The minimum Gasteiger partial charge on any atom is -0.508 e. The van der Waals surface area contributed by atoms with Crippen molar-refractivity contribution in [3.63, 3.8) is 0 Å². The highest BCUT2D eigenvalue weighted by molar-refractivity contribution is 8.18. The monoisotopic (exact) mass is 352 g/mol. The predicted octanol–water partition coefficient (Wildman–Crippen LogP) is 4.63. The van der Waals surface area contributed by atoms with Gasteiger partial charge in [-0.3, -0.25) is 9.69 Å². The number of rotatable bonds is 3. The van der Waals surface area contributed by atoms with E-state index in [1.54, 1.807) is 29.2 Å². The van der Waals surface area contributed by atoms with E-state index in [0.717, 1.165) is 11.3 Å². The number of carbonyl (C=O) groups excluding carboxylic acids is 1. The van der Waals surface area contributed by atoms with Crippen LogP contribution >= 0.6 is 11.8 Å². The number of nitrogens with zero attached hydrogens (tertiary/aromatic N) is 2. The fraction of sp³-hybridized carbons (Fsp3) is 0.200. The van der Waals surface area contributed by atoms with Crippen LogP contribution in [0.15, 0.2) is 52.4 Å². The van der Waals surface area contributed by atoms with Crippen LogP contribution in [0.25, 0.3) is 6.08 Å². The lowest BCUT2D eigenvalue weighted by Gasteiger charge is -2.12. The molecule has 128 valence electrons. The molecule has 4 nitrogen and oxygen atoms in total. The average molecular weight is 352 g/mol. The zero-order valence-corrected chi connectivity index (χ0v) is 15.3. The molecule has 0 radical (unpaired) electrons. The number of aromatic hydroxyl groups is 1. The molecule has 1 fully saturated rings. The topological polar surface area (TPSA) is 52.9 Å². The molecule has 2 aromatic rings. The van der Waals surface area contributed by atoms with Crippen molar-refractivity contribution in [2.45, 2.75) is 20.8 Å². The lowest BCUT2D eigenvalue weighted by Crippen LogP contribution is -2.28. The maximum Gasteiger partial charge on any atom is 0.266 e. The summed E-state index contributed by atoms with van der Waals surface area (Å²) >= 11 is 1.36. The van der Waals surface area contributed by atoms with Crippen LogP contribution in [0.5, 0.6) is 5.75 Å². The third kappa shape index (κ3) is 3.77. The molecule has 0 spiro atoms. The summed E-state index contributed by atoms with van der Waals surface area (Å²) in [5, 5.41) is 10.3. The van der Waals surface area contributed by atoms with E-state index < -0.39 is 0 Å². The number of amidine groups is 1. The average Bonchev–Trinajstić information content (AvgIpc) is 2.86. The predicted molar refractivity (Wildman–Crippen MR) is 104 cm³/mol. The van der Waals surface area contributed by atoms with Crippen LogP contribution in [0.1, 0.15) is 23.6 Å². The van der Waals surface area contributed by atoms with Crippen LogP contribution in [0.3, 0.4) is 0 Å². The van der Waals surface area contributed by atoms with Crippen molar-refractivity contribution in [3.8, 4) is 5.75 Å². The number of likely N-dealkylation sites (N-methyl/N-ethyl adjacent to an activating group) is 1. The molecule has 0 bridgehead atoms. The van der Waals surface area contributed by atoms with E-state index in [-0.39, 0.29) is 11.7 Å². The molecule has 1 aliphatic heterocycles. The van der Waals surface area contributed by atoms with Crippen molar-refractivity contribution in [1.29, 1.82) is 0 Å². The second kappa shape index (κ2) is 7.15. The number of benzene rings is 2. The lowest BCUT2D eigenvalue weighted by molar-refractivity contribution is -0.122. The highest BCUT2D eigenvalue weighted by atomic mass is 32.2. The lowest BCUT2D eigenvalue weighted by atomic mass is 10.1. The second-order valence-electron chi connectivity index (χ2n) is 5.92. The van der Waals surface area contributed by atoms with Crippen LogP contribution in [0.2, 0.25) is 0 Å². The highest BCUT2D eigenvalue weighted by Gasteiger charge is 2.32. The number of hydrogen-bond acceptors (Lipinski definition) is 4. The minimum absolute atomic E-state index is 0.0570. The minimum atomic E-state index is -0.0570. The summed E-state index contributed by atoms with van der Waals surface area (Å²) < 4.78 is 0. The summed E-state index contributed by atoms with van der Waals surface area (Å²) in [7, 11) is 0. The molecule has 2 aromatic carbocycles.